The highest BCUT2D eigenvalue weighted by molar-refractivity contribution is 9.11. The first-order valence-corrected chi connectivity index (χ1v) is 5.30. The lowest BCUT2D eigenvalue weighted by atomic mass is 10.3. The second-order valence-corrected chi connectivity index (χ2v) is 3.97. The molecule has 1 aromatic rings. The fourth-order valence-electron chi connectivity index (χ4n) is 0.801. The molecule has 0 aliphatic carbocycles. The van der Waals surface area contributed by atoms with Gasteiger partial charge in [-0.15, -0.1) is 5.92 Å². The van der Waals surface area contributed by atoms with E-state index in [0.29, 0.717) is 6.61 Å². The highest BCUT2D eigenvalue weighted by Gasteiger charge is 2.03. The Bertz CT molecular complexity index is 329. The lowest BCUT2D eigenvalue weighted by molar-refractivity contribution is 0.365. The Kier molecular flexibility index (Phi) is 4.34. The van der Waals surface area contributed by atoms with E-state index in [0.717, 1.165) is 14.7 Å². The van der Waals surface area contributed by atoms with E-state index in [-0.39, 0.29) is 0 Å². The zero-order chi connectivity index (χ0) is 9.68. The van der Waals surface area contributed by atoms with Gasteiger partial charge in [0, 0.05) is 0 Å². The molecule has 0 saturated carbocycles. The van der Waals surface area contributed by atoms with E-state index in [2.05, 4.69) is 43.7 Å². The van der Waals surface area contributed by atoms with Gasteiger partial charge in [0.2, 0.25) is 0 Å². The highest BCUT2D eigenvalue weighted by Crippen LogP contribution is 2.32. The fraction of sp³-hybridized carbons (Fsp3) is 0.200. The smallest absolute Gasteiger partial charge is 0.149 e. The molecule has 0 heterocycles. The molecule has 1 rings (SSSR count). The zero-order valence-electron chi connectivity index (χ0n) is 7.10. The zero-order valence-corrected chi connectivity index (χ0v) is 10.3. The van der Waals surface area contributed by atoms with Gasteiger partial charge < -0.3 is 4.74 Å². The van der Waals surface area contributed by atoms with Crippen molar-refractivity contribution < 1.29 is 4.74 Å². The van der Waals surface area contributed by atoms with Gasteiger partial charge in [-0.25, -0.2) is 0 Å². The van der Waals surface area contributed by atoms with E-state index in [1.807, 2.05) is 18.2 Å². The second-order valence-electron chi connectivity index (χ2n) is 2.27. The van der Waals surface area contributed by atoms with Gasteiger partial charge in [0.15, 0.2) is 0 Å². The number of para-hydroxylation sites is 1. The number of ether oxygens (including phenoxy) is 1. The lowest BCUT2D eigenvalue weighted by Gasteiger charge is -2.06. The first kappa shape index (κ1) is 10.6. The molecule has 0 aromatic heterocycles. The van der Waals surface area contributed by atoms with Crippen LogP contribution in [0.2, 0.25) is 0 Å². The average Bonchev–Trinajstić information content (AvgIpc) is 2.10. The van der Waals surface area contributed by atoms with Crippen molar-refractivity contribution in [1.82, 2.24) is 0 Å². The predicted molar refractivity (Wildman–Crippen MR) is 60.8 cm³/mol. The first-order valence-electron chi connectivity index (χ1n) is 3.72. The summed E-state index contributed by atoms with van der Waals surface area (Å²) in [7, 11) is 0. The topological polar surface area (TPSA) is 9.23 Å². The molecule has 0 bridgehead atoms. The summed E-state index contributed by atoms with van der Waals surface area (Å²) < 4.78 is 7.30. The first-order chi connectivity index (χ1) is 6.25. The van der Waals surface area contributed by atoms with Crippen LogP contribution in [-0.4, -0.2) is 6.61 Å². The maximum atomic E-state index is 5.44. The number of hydrogen-bond donors (Lipinski definition) is 0. The molecule has 0 atom stereocenters. The molecular weight excluding hydrogens is 296 g/mol. The Morgan fingerprint density at radius 3 is 2.46 bits per heavy atom. The summed E-state index contributed by atoms with van der Waals surface area (Å²) in [5, 5.41) is 0. The van der Waals surface area contributed by atoms with E-state index in [1.165, 1.54) is 0 Å². The second kappa shape index (κ2) is 5.31. The molecule has 0 fully saturated rings. The van der Waals surface area contributed by atoms with Crippen LogP contribution in [0.25, 0.3) is 0 Å². The summed E-state index contributed by atoms with van der Waals surface area (Å²) >= 11 is 6.79. The molecule has 1 aromatic carbocycles. The SMILES string of the molecule is CC#CCOc1c(Br)cccc1Br. The van der Waals surface area contributed by atoms with Crippen LogP contribution in [-0.2, 0) is 0 Å². The van der Waals surface area contributed by atoms with Gasteiger partial charge in [-0.05, 0) is 50.9 Å². The maximum Gasteiger partial charge on any atom is 0.149 e. The largest absolute Gasteiger partial charge is 0.479 e. The molecule has 0 aliphatic heterocycles. The minimum atomic E-state index is 0.414. The van der Waals surface area contributed by atoms with Gasteiger partial charge in [0.25, 0.3) is 0 Å². The Morgan fingerprint density at radius 2 is 1.92 bits per heavy atom. The van der Waals surface area contributed by atoms with Crippen LogP contribution in [0.15, 0.2) is 27.1 Å². The molecule has 13 heavy (non-hydrogen) atoms. The van der Waals surface area contributed by atoms with Crippen LogP contribution in [0.1, 0.15) is 6.92 Å². The Labute approximate surface area is 94.7 Å². The van der Waals surface area contributed by atoms with Crippen molar-refractivity contribution in [1.29, 1.82) is 0 Å². The lowest BCUT2D eigenvalue weighted by Crippen LogP contribution is -1.95. The summed E-state index contributed by atoms with van der Waals surface area (Å²) in [6.07, 6.45) is 0. The van der Waals surface area contributed by atoms with Crippen molar-refractivity contribution in [3.8, 4) is 17.6 Å². The number of halogens is 2. The Morgan fingerprint density at radius 1 is 1.31 bits per heavy atom. The molecule has 0 spiro atoms. The fourth-order valence-corrected chi connectivity index (χ4v) is 2.03. The predicted octanol–water partition coefficient (Wildman–Crippen LogP) is 3.61. The molecule has 3 heteroatoms. The number of benzene rings is 1. The monoisotopic (exact) mass is 302 g/mol. The highest BCUT2D eigenvalue weighted by atomic mass is 79.9. The Hall–Kier alpha value is -0.460. The van der Waals surface area contributed by atoms with Gasteiger partial charge >= 0.3 is 0 Å². The molecule has 0 radical (unpaired) electrons. The molecule has 0 saturated heterocycles. The normalized spacial score (nSPS) is 8.85. The molecule has 1 nitrogen and oxygen atoms in total. The average molecular weight is 304 g/mol. The third-order valence-electron chi connectivity index (χ3n) is 1.38. The third-order valence-corrected chi connectivity index (χ3v) is 2.63. The molecule has 0 aliphatic rings. The molecule has 0 unspecified atom stereocenters. The van der Waals surface area contributed by atoms with Crippen molar-refractivity contribution in [3.05, 3.63) is 27.1 Å². The summed E-state index contributed by atoms with van der Waals surface area (Å²) in [4.78, 5) is 0. The Balaban J connectivity index is 2.79. The van der Waals surface area contributed by atoms with Crippen LogP contribution in [0, 0.1) is 11.8 Å². The third kappa shape index (κ3) is 3.06. The number of hydrogen-bond acceptors (Lipinski definition) is 1. The summed E-state index contributed by atoms with van der Waals surface area (Å²) in [6, 6.07) is 5.80. The number of rotatable bonds is 2. The van der Waals surface area contributed by atoms with E-state index in [4.69, 9.17) is 4.74 Å². The molecule has 68 valence electrons. The standard InChI is InChI=1S/C10H8Br2O/c1-2-3-7-13-10-8(11)5-4-6-9(10)12/h4-6H,7H2,1H3. The van der Waals surface area contributed by atoms with Crippen LogP contribution in [0.4, 0.5) is 0 Å². The van der Waals surface area contributed by atoms with Crippen LogP contribution in [0.3, 0.4) is 0 Å². The van der Waals surface area contributed by atoms with Crippen molar-refractivity contribution in [2.24, 2.45) is 0 Å². The van der Waals surface area contributed by atoms with E-state index >= 15 is 0 Å². The van der Waals surface area contributed by atoms with Crippen molar-refractivity contribution in [3.63, 3.8) is 0 Å². The van der Waals surface area contributed by atoms with Gasteiger partial charge in [0.05, 0.1) is 8.95 Å². The van der Waals surface area contributed by atoms with Gasteiger partial charge in [-0.1, -0.05) is 12.0 Å². The van der Waals surface area contributed by atoms with Crippen molar-refractivity contribution >= 4 is 31.9 Å². The van der Waals surface area contributed by atoms with Crippen molar-refractivity contribution in [2.75, 3.05) is 6.61 Å². The van der Waals surface area contributed by atoms with E-state index in [1.54, 1.807) is 6.92 Å². The molecular formula is C10H8Br2O. The summed E-state index contributed by atoms with van der Waals surface area (Å²) in [5.74, 6) is 6.41. The van der Waals surface area contributed by atoms with Gasteiger partial charge in [-0.2, -0.15) is 0 Å². The minimum absolute atomic E-state index is 0.414. The summed E-state index contributed by atoms with van der Waals surface area (Å²) in [5.41, 5.74) is 0. The van der Waals surface area contributed by atoms with E-state index < -0.39 is 0 Å². The van der Waals surface area contributed by atoms with E-state index in [9.17, 15) is 0 Å². The van der Waals surface area contributed by atoms with Crippen molar-refractivity contribution in [2.45, 2.75) is 6.92 Å². The maximum absolute atomic E-state index is 5.44. The summed E-state index contributed by atoms with van der Waals surface area (Å²) in [6.45, 7) is 2.20. The minimum Gasteiger partial charge on any atom is -0.479 e. The van der Waals surface area contributed by atoms with Crippen LogP contribution in [0.5, 0.6) is 5.75 Å². The van der Waals surface area contributed by atoms with Gasteiger partial charge in [-0.3, -0.25) is 0 Å². The van der Waals surface area contributed by atoms with Crippen LogP contribution >= 0.6 is 31.9 Å². The molecule has 0 N–H and O–H groups in total. The quantitative estimate of drug-likeness (QED) is 0.758. The molecule has 0 amide bonds. The van der Waals surface area contributed by atoms with Crippen LogP contribution < -0.4 is 4.74 Å². The van der Waals surface area contributed by atoms with Gasteiger partial charge in [0.1, 0.15) is 12.4 Å².